The van der Waals surface area contributed by atoms with Crippen molar-refractivity contribution in [2.24, 2.45) is 5.92 Å². The number of nitrogens with one attached hydrogen (secondary N) is 3. The Kier molecular flexibility index (Phi) is 11.9. The van der Waals surface area contributed by atoms with E-state index < -0.39 is 0 Å². The van der Waals surface area contributed by atoms with Gasteiger partial charge in [0.05, 0.1) is 11.4 Å². The Balaban J connectivity index is 1.09. The van der Waals surface area contributed by atoms with Gasteiger partial charge in [0.1, 0.15) is 0 Å². The van der Waals surface area contributed by atoms with Crippen LogP contribution in [-0.2, 0) is 26.2 Å². The summed E-state index contributed by atoms with van der Waals surface area (Å²) in [6.45, 7) is 8.13. The molecule has 4 aromatic rings. The van der Waals surface area contributed by atoms with Gasteiger partial charge in [-0.15, -0.1) is 0 Å². The third-order valence-electron chi connectivity index (χ3n) is 7.89. The Hall–Kier alpha value is -3.13. The van der Waals surface area contributed by atoms with Crippen LogP contribution >= 0.6 is 11.6 Å². The minimum Gasteiger partial charge on any atom is -0.312 e. The zero-order valence-electron chi connectivity index (χ0n) is 24.4. The largest absolute Gasteiger partial charge is 0.312 e. The Morgan fingerprint density at radius 1 is 0.690 bits per heavy atom. The lowest BCUT2D eigenvalue weighted by Gasteiger charge is -2.23. The van der Waals surface area contributed by atoms with Gasteiger partial charge < -0.3 is 16.0 Å². The van der Waals surface area contributed by atoms with Crippen molar-refractivity contribution in [1.29, 1.82) is 0 Å². The Bertz CT molecular complexity index is 1250. The average Bonchev–Trinajstić information content (AvgIpc) is 3.87. The highest BCUT2D eigenvalue weighted by Crippen LogP contribution is 2.42. The van der Waals surface area contributed by atoms with Crippen molar-refractivity contribution >= 4 is 11.6 Å². The Morgan fingerprint density at radius 2 is 1.29 bits per heavy atom. The van der Waals surface area contributed by atoms with E-state index in [4.69, 9.17) is 11.6 Å². The molecule has 2 aromatic heterocycles. The molecule has 2 heterocycles. The van der Waals surface area contributed by atoms with Gasteiger partial charge >= 0.3 is 0 Å². The molecule has 220 valence electrons. The summed E-state index contributed by atoms with van der Waals surface area (Å²) in [6.07, 6.45) is 6.36. The van der Waals surface area contributed by atoms with E-state index in [2.05, 4.69) is 79.3 Å². The van der Waals surface area contributed by atoms with Crippen molar-refractivity contribution in [3.63, 3.8) is 0 Å². The molecule has 5 rings (SSSR count). The molecule has 3 N–H and O–H groups in total. The van der Waals surface area contributed by atoms with Crippen LogP contribution in [0, 0.1) is 5.92 Å². The molecule has 0 radical (unpaired) electrons. The fourth-order valence-corrected chi connectivity index (χ4v) is 5.47. The standard InChI is InChI=1S/C35H43ClN6/c36-32-15-13-31(14-16-32)35(30-11-12-30)26-39-23-28-7-9-29(10-8-28)27-42(21-19-37-24-33-5-1-3-17-40-33)22-20-38-25-34-6-2-4-18-41-34/h1-10,13-18,30,35,37-39H,11-12,19-27H2. The molecule has 1 saturated carbocycles. The van der Waals surface area contributed by atoms with Crippen molar-refractivity contribution in [3.8, 4) is 0 Å². The minimum atomic E-state index is 0.563. The molecule has 1 atom stereocenters. The van der Waals surface area contributed by atoms with Gasteiger partial charge in [0.2, 0.25) is 0 Å². The van der Waals surface area contributed by atoms with Gasteiger partial charge in [-0.3, -0.25) is 14.9 Å². The fourth-order valence-electron chi connectivity index (χ4n) is 5.34. The number of pyridine rings is 2. The van der Waals surface area contributed by atoms with Crippen LogP contribution in [0.1, 0.15) is 46.8 Å². The Morgan fingerprint density at radius 3 is 1.83 bits per heavy atom. The first-order valence-electron chi connectivity index (χ1n) is 15.2. The molecule has 6 nitrogen and oxygen atoms in total. The van der Waals surface area contributed by atoms with E-state index in [1.54, 1.807) is 0 Å². The number of hydrogen-bond acceptors (Lipinski definition) is 6. The van der Waals surface area contributed by atoms with Crippen molar-refractivity contribution in [2.45, 2.75) is 44.9 Å². The van der Waals surface area contributed by atoms with Crippen molar-refractivity contribution < 1.29 is 0 Å². The van der Waals surface area contributed by atoms with E-state index in [1.165, 1.54) is 29.5 Å². The molecule has 0 aliphatic heterocycles. The highest BCUT2D eigenvalue weighted by molar-refractivity contribution is 6.30. The smallest absolute Gasteiger partial charge is 0.0541 e. The fraction of sp³-hybridized carbons (Fsp3) is 0.371. The monoisotopic (exact) mass is 582 g/mol. The van der Waals surface area contributed by atoms with Crippen molar-refractivity contribution in [3.05, 3.63) is 130 Å². The van der Waals surface area contributed by atoms with E-state index >= 15 is 0 Å². The molecule has 1 fully saturated rings. The molecule has 42 heavy (non-hydrogen) atoms. The maximum Gasteiger partial charge on any atom is 0.0541 e. The van der Waals surface area contributed by atoms with Crippen LogP contribution in [0.4, 0.5) is 0 Å². The zero-order valence-corrected chi connectivity index (χ0v) is 25.1. The molecule has 1 unspecified atom stereocenters. The molecular formula is C35H43ClN6. The van der Waals surface area contributed by atoms with Gasteiger partial charge in [-0.2, -0.15) is 0 Å². The number of aromatic nitrogens is 2. The van der Waals surface area contributed by atoms with Crippen molar-refractivity contribution in [2.75, 3.05) is 32.7 Å². The molecule has 0 amide bonds. The highest BCUT2D eigenvalue weighted by Gasteiger charge is 2.31. The summed E-state index contributed by atoms with van der Waals surface area (Å²) in [7, 11) is 0. The van der Waals surface area contributed by atoms with Crippen LogP contribution in [0.25, 0.3) is 0 Å². The van der Waals surface area contributed by atoms with Gasteiger partial charge in [0, 0.05) is 76.3 Å². The summed E-state index contributed by atoms with van der Waals surface area (Å²) < 4.78 is 0. The predicted octanol–water partition coefficient (Wildman–Crippen LogP) is 5.80. The quantitative estimate of drug-likeness (QED) is 0.129. The second-order valence-corrected chi connectivity index (χ2v) is 11.7. The van der Waals surface area contributed by atoms with Crippen LogP contribution in [0.15, 0.2) is 97.3 Å². The summed E-state index contributed by atoms with van der Waals surface area (Å²) >= 11 is 6.12. The molecule has 1 aliphatic rings. The molecule has 0 bridgehead atoms. The predicted molar refractivity (Wildman–Crippen MR) is 172 cm³/mol. The van der Waals surface area contributed by atoms with Gasteiger partial charge in [0.25, 0.3) is 0 Å². The van der Waals surface area contributed by atoms with Crippen LogP contribution in [-0.4, -0.2) is 47.6 Å². The summed E-state index contributed by atoms with van der Waals surface area (Å²) in [5, 5.41) is 11.6. The average molecular weight is 583 g/mol. The van der Waals surface area contributed by atoms with Crippen LogP contribution < -0.4 is 16.0 Å². The molecular weight excluding hydrogens is 540 g/mol. The summed E-state index contributed by atoms with van der Waals surface area (Å²) in [5.74, 6) is 1.36. The van der Waals surface area contributed by atoms with Gasteiger partial charge in [0.15, 0.2) is 0 Å². The minimum absolute atomic E-state index is 0.563. The molecule has 0 spiro atoms. The van der Waals surface area contributed by atoms with Crippen LogP contribution in [0.3, 0.4) is 0 Å². The number of rotatable bonds is 18. The number of benzene rings is 2. The zero-order chi connectivity index (χ0) is 28.8. The van der Waals surface area contributed by atoms with E-state index in [-0.39, 0.29) is 0 Å². The lowest BCUT2D eigenvalue weighted by Crippen LogP contribution is -2.36. The normalized spacial score (nSPS) is 13.9. The van der Waals surface area contributed by atoms with E-state index in [9.17, 15) is 0 Å². The van der Waals surface area contributed by atoms with Gasteiger partial charge in [-0.25, -0.2) is 0 Å². The van der Waals surface area contributed by atoms with Crippen LogP contribution in [0.5, 0.6) is 0 Å². The first kappa shape index (κ1) is 30.3. The van der Waals surface area contributed by atoms with Gasteiger partial charge in [-0.05, 0) is 77.8 Å². The first-order valence-corrected chi connectivity index (χ1v) is 15.6. The summed E-state index contributed by atoms with van der Waals surface area (Å²) in [5.41, 5.74) is 6.20. The van der Waals surface area contributed by atoms with Crippen LogP contribution in [0.2, 0.25) is 5.02 Å². The molecule has 0 saturated heterocycles. The van der Waals surface area contributed by atoms with Crippen molar-refractivity contribution in [1.82, 2.24) is 30.8 Å². The third-order valence-corrected chi connectivity index (χ3v) is 8.14. The van der Waals surface area contributed by atoms with Gasteiger partial charge in [-0.1, -0.05) is 60.1 Å². The SMILES string of the molecule is Clc1ccc(C(CNCc2ccc(CN(CCNCc3ccccn3)CCNCc3ccccn3)cc2)C2CC2)cc1. The number of hydrogen-bond donors (Lipinski definition) is 3. The maximum atomic E-state index is 6.12. The molecule has 7 heteroatoms. The highest BCUT2D eigenvalue weighted by atomic mass is 35.5. The number of halogens is 1. The lowest BCUT2D eigenvalue weighted by molar-refractivity contribution is 0.263. The molecule has 2 aromatic carbocycles. The number of nitrogens with zero attached hydrogens (tertiary/aromatic N) is 3. The lowest BCUT2D eigenvalue weighted by atomic mass is 9.94. The second kappa shape index (κ2) is 16.5. The third kappa shape index (κ3) is 10.3. The summed E-state index contributed by atoms with van der Waals surface area (Å²) in [6, 6.07) is 29.6. The Labute approximate surface area is 255 Å². The van der Waals surface area contributed by atoms with E-state index in [0.29, 0.717) is 5.92 Å². The van der Waals surface area contributed by atoms with E-state index in [1.807, 2.05) is 48.8 Å². The first-order chi connectivity index (χ1) is 20.7. The maximum absolute atomic E-state index is 6.12. The topological polar surface area (TPSA) is 65.1 Å². The summed E-state index contributed by atoms with van der Waals surface area (Å²) in [4.78, 5) is 11.3. The van der Waals surface area contributed by atoms with E-state index in [0.717, 1.165) is 81.2 Å². The second-order valence-electron chi connectivity index (χ2n) is 11.2. The molecule has 1 aliphatic carbocycles.